The lowest BCUT2D eigenvalue weighted by Crippen LogP contribution is -2.41. The van der Waals surface area contributed by atoms with Gasteiger partial charge in [-0.1, -0.05) is 13.8 Å². The van der Waals surface area contributed by atoms with E-state index >= 15 is 0 Å². The first kappa shape index (κ1) is 15.4. The van der Waals surface area contributed by atoms with Crippen LogP contribution in [0.25, 0.3) is 0 Å². The van der Waals surface area contributed by atoms with Crippen molar-refractivity contribution < 1.29 is 9.90 Å². The third-order valence-electron chi connectivity index (χ3n) is 3.99. The standard InChI is InChI=1S/C14H28N2O2/c1-3-14(18,4-2)12-15-9-8-13(17)16-10-6-5-7-11-16/h15,18H,3-12H2,1-2H3. The monoisotopic (exact) mass is 256 g/mol. The zero-order valence-electron chi connectivity index (χ0n) is 11.9. The molecule has 0 aromatic rings. The molecule has 1 aliphatic heterocycles. The molecule has 1 heterocycles. The first-order valence-corrected chi connectivity index (χ1v) is 7.32. The van der Waals surface area contributed by atoms with Crippen LogP contribution in [0.15, 0.2) is 0 Å². The Labute approximate surface area is 111 Å². The van der Waals surface area contributed by atoms with Crippen LogP contribution in [0, 0.1) is 0 Å². The minimum absolute atomic E-state index is 0.249. The Morgan fingerprint density at radius 2 is 1.83 bits per heavy atom. The Morgan fingerprint density at radius 3 is 2.39 bits per heavy atom. The lowest BCUT2D eigenvalue weighted by molar-refractivity contribution is -0.132. The van der Waals surface area contributed by atoms with E-state index in [1.807, 2.05) is 18.7 Å². The van der Waals surface area contributed by atoms with E-state index in [0.29, 0.717) is 19.5 Å². The lowest BCUT2D eigenvalue weighted by atomic mass is 9.98. The summed E-state index contributed by atoms with van der Waals surface area (Å²) in [7, 11) is 0. The first-order chi connectivity index (χ1) is 8.61. The zero-order chi connectivity index (χ0) is 13.4. The molecule has 2 N–H and O–H groups in total. The predicted octanol–water partition coefficient (Wildman–Crippen LogP) is 1.53. The highest BCUT2D eigenvalue weighted by Gasteiger charge is 2.21. The Hall–Kier alpha value is -0.610. The maximum atomic E-state index is 11.9. The summed E-state index contributed by atoms with van der Waals surface area (Å²) >= 11 is 0. The molecule has 4 nitrogen and oxygen atoms in total. The highest BCUT2D eigenvalue weighted by atomic mass is 16.3. The third kappa shape index (κ3) is 4.94. The number of carbonyl (C=O) groups is 1. The summed E-state index contributed by atoms with van der Waals surface area (Å²) in [5, 5.41) is 13.3. The minimum atomic E-state index is -0.617. The van der Waals surface area contributed by atoms with Crippen molar-refractivity contribution in [1.82, 2.24) is 10.2 Å². The van der Waals surface area contributed by atoms with Gasteiger partial charge in [-0.3, -0.25) is 4.79 Å². The van der Waals surface area contributed by atoms with E-state index in [0.717, 1.165) is 38.8 Å². The van der Waals surface area contributed by atoms with Crippen LogP contribution in [0.1, 0.15) is 52.4 Å². The van der Waals surface area contributed by atoms with E-state index < -0.39 is 5.60 Å². The average Bonchev–Trinajstić information content (AvgIpc) is 2.44. The summed E-state index contributed by atoms with van der Waals surface area (Å²) in [6.07, 6.45) is 5.58. The van der Waals surface area contributed by atoms with Gasteiger partial charge in [0.2, 0.25) is 5.91 Å². The SMILES string of the molecule is CCC(O)(CC)CNCCC(=O)N1CCCCC1. The molecule has 0 unspecified atom stereocenters. The summed E-state index contributed by atoms with van der Waals surface area (Å²) in [5.41, 5.74) is -0.617. The first-order valence-electron chi connectivity index (χ1n) is 7.32. The van der Waals surface area contributed by atoms with Crippen LogP contribution in [-0.2, 0) is 4.79 Å². The number of amides is 1. The maximum Gasteiger partial charge on any atom is 0.223 e. The molecule has 1 amide bonds. The minimum Gasteiger partial charge on any atom is -0.389 e. The predicted molar refractivity (Wildman–Crippen MR) is 73.4 cm³/mol. The topological polar surface area (TPSA) is 52.6 Å². The maximum absolute atomic E-state index is 11.9. The van der Waals surface area contributed by atoms with Crippen LogP contribution in [-0.4, -0.2) is 47.7 Å². The molecular weight excluding hydrogens is 228 g/mol. The Bertz CT molecular complexity index is 246. The molecule has 106 valence electrons. The van der Waals surface area contributed by atoms with Gasteiger partial charge in [-0.2, -0.15) is 0 Å². The van der Waals surface area contributed by atoms with Crippen molar-refractivity contribution in [1.29, 1.82) is 0 Å². The molecule has 1 rings (SSSR count). The van der Waals surface area contributed by atoms with Gasteiger partial charge < -0.3 is 15.3 Å². The fraction of sp³-hybridized carbons (Fsp3) is 0.929. The summed E-state index contributed by atoms with van der Waals surface area (Å²) in [6.45, 7) is 7.07. The third-order valence-corrected chi connectivity index (χ3v) is 3.99. The average molecular weight is 256 g/mol. The fourth-order valence-electron chi connectivity index (χ4n) is 2.32. The zero-order valence-corrected chi connectivity index (χ0v) is 11.9. The molecule has 18 heavy (non-hydrogen) atoms. The number of likely N-dealkylation sites (tertiary alicyclic amines) is 1. The van der Waals surface area contributed by atoms with Crippen molar-refractivity contribution in [2.75, 3.05) is 26.2 Å². The molecule has 0 saturated carbocycles. The molecule has 0 aromatic carbocycles. The van der Waals surface area contributed by atoms with Gasteiger partial charge in [0.05, 0.1) is 5.60 Å². The van der Waals surface area contributed by atoms with Crippen LogP contribution in [0.3, 0.4) is 0 Å². The van der Waals surface area contributed by atoms with Crippen molar-refractivity contribution in [2.45, 2.75) is 58.0 Å². The molecule has 1 saturated heterocycles. The van der Waals surface area contributed by atoms with Gasteiger partial charge in [0.25, 0.3) is 0 Å². The fourth-order valence-corrected chi connectivity index (χ4v) is 2.32. The second-order valence-electron chi connectivity index (χ2n) is 5.30. The van der Waals surface area contributed by atoms with Gasteiger partial charge >= 0.3 is 0 Å². The number of piperidine rings is 1. The van der Waals surface area contributed by atoms with Crippen LogP contribution in [0.2, 0.25) is 0 Å². The van der Waals surface area contributed by atoms with Crippen LogP contribution >= 0.6 is 0 Å². The van der Waals surface area contributed by atoms with E-state index in [1.54, 1.807) is 0 Å². The van der Waals surface area contributed by atoms with Crippen LogP contribution in [0.5, 0.6) is 0 Å². The molecule has 0 spiro atoms. The molecule has 0 radical (unpaired) electrons. The van der Waals surface area contributed by atoms with E-state index in [-0.39, 0.29) is 5.91 Å². The lowest BCUT2D eigenvalue weighted by Gasteiger charge is -2.28. The number of hydrogen-bond acceptors (Lipinski definition) is 3. The van der Waals surface area contributed by atoms with Gasteiger partial charge in [0.1, 0.15) is 0 Å². The summed E-state index contributed by atoms with van der Waals surface area (Å²) in [5.74, 6) is 0.249. The molecular formula is C14H28N2O2. The van der Waals surface area contributed by atoms with E-state index in [1.165, 1.54) is 6.42 Å². The normalized spacial score (nSPS) is 16.9. The van der Waals surface area contributed by atoms with Crippen molar-refractivity contribution in [3.8, 4) is 0 Å². The quantitative estimate of drug-likeness (QED) is 0.679. The molecule has 0 aliphatic carbocycles. The smallest absolute Gasteiger partial charge is 0.223 e. The highest BCUT2D eigenvalue weighted by molar-refractivity contribution is 5.76. The van der Waals surface area contributed by atoms with Gasteiger partial charge in [-0.05, 0) is 32.1 Å². The van der Waals surface area contributed by atoms with Gasteiger partial charge in [-0.25, -0.2) is 0 Å². The molecule has 1 fully saturated rings. The van der Waals surface area contributed by atoms with Gasteiger partial charge in [0, 0.05) is 32.6 Å². The second-order valence-corrected chi connectivity index (χ2v) is 5.30. The van der Waals surface area contributed by atoms with E-state index in [9.17, 15) is 9.90 Å². The van der Waals surface area contributed by atoms with Crippen LogP contribution < -0.4 is 5.32 Å². The van der Waals surface area contributed by atoms with Crippen molar-refractivity contribution in [3.05, 3.63) is 0 Å². The number of nitrogens with zero attached hydrogens (tertiary/aromatic N) is 1. The number of aliphatic hydroxyl groups is 1. The Morgan fingerprint density at radius 1 is 1.22 bits per heavy atom. The van der Waals surface area contributed by atoms with Crippen LogP contribution in [0.4, 0.5) is 0 Å². The number of carbonyl (C=O) groups excluding carboxylic acids is 1. The summed E-state index contributed by atoms with van der Waals surface area (Å²) in [6, 6.07) is 0. The molecule has 0 aromatic heterocycles. The van der Waals surface area contributed by atoms with E-state index in [2.05, 4.69) is 5.32 Å². The van der Waals surface area contributed by atoms with Crippen molar-refractivity contribution in [2.24, 2.45) is 0 Å². The second kappa shape index (κ2) is 7.74. The summed E-state index contributed by atoms with van der Waals surface area (Å²) < 4.78 is 0. The molecule has 4 heteroatoms. The Balaban J connectivity index is 2.15. The highest BCUT2D eigenvalue weighted by Crippen LogP contribution is 2.13. The van der Waals surface area contributed by atoms with Crippen molar-refractivity contribution in [3.63, 3.8) is 0 Å². The largest absolute Gasteiger partial charge is 0.389 e. The van der Waals surface area contributed by atoms with Gasteiger partial charge in [-0.15, -0.1) is 0 Å². The number of hydrogen-bond donors (Lipinski definition) is 2. The summed E-state index contributed by atoms with van der Waals surface area (Å²) in [4.78, 5) is 13.9. The Kier molecular flexibility index (Phi) is 6.65. The number of rotatable bonds is 7. The molecule has 0 atom stereocenters. The van der Waals surface area contributed by atoms with E-state index in [4.69, 9.17) is 0 Å². The van der Waals surface area contributed by atoms with Crippen molar-refractivity contribution >= 4 is 5.91 Å². The number of nitrogens with one attached hydrogen (secondary N) is 1. The molecule has 1 aliphatic rings. The molecule has 0 bridgehead atoms. The van der Waals surface area contributed by atoms with Gasteiger partial charge in [0.15, 0.2) is 0 Å².